The van der Waals surface area contributed by atoms with Crippen molar-refractivity contribution >= 4 is 28.7 Å². The molecule has 0 saturated carbocycles. The Kier molecular flexibility index (Phi) is 7.00. The molecule has 2 atom stereocenters. The molecule has 3 rings (SSSR count). The second kappa shape index (κ2) is 9.30. The lowest BCUT2D eigenvalue weighted by atomic mass is 10.0. The molecule has 2 aromatic rings. The van der Waals surface area contributed by atoms with Crippen molar-refractivity contribution in [1.29, 1.82) is 0 Å². The summed E-state index contributed by atoms with van der Waals surface area (Å²) in [5, 5.41) is 10.6. The van der Waals surface area contributed by atoms with Gasteiger partial charge in [0.25, 0.3) is 0 Å². The Morgan fingerprint density at radius 1 is 1.41 bits per heavy atom. The van der Waals surface area contributed by atoms with E-state index in [1.54, 1.807) is 24.5 Å². The number of carbonyl (C=O) groups excluding carboxylic acids is 1. The highest BCUT2D eigenvalue weighted by atomic mass is 127. The first-order valence-electron chi connectivity index (χ1n) is 9.72. The first-order chi connectivity index (χ1) is 13.7. The number of aliphatic hydroxyl groups excluding tert-OH is 1. The van der Waals surface area contributed by atoms with Gasteiger partial charge in [-0.1, -0.05) is 6.07 Å². The average Bonchev–Trinajstić information content (AvgIpc) is 2.67. The largest absolute Gasteiger partial charge is 0.488 e. The third kappa shape index (κ3) is 6.30. The fourth-order valence-corrected chi connectivity index (χ4v) is 3.78. The Morgan fingerprint density at radius 2 is 2.21 bits per heavy atom. The van der Waals surface area contributed by atoms with Gasteiger partial charge in [-0.25, -0.2) is 4.79 Å². The molecule has 0 spiro atoms. The smallest absolute Gasteiger partial charge is 0.410 e. The fourth-order valence-electron chi connectivity index (χ4n) is 3.23. The van der Waals surface area contributed by atoms with Crippen LogP contribution in [0.5, 0.6) is 5.75 Å². The van der Waals surface area contributed by atoms with Gasteiger partial charge in [-0.3, -0.25) is 4.98 Å². The van der Waals surface area contributed by atoms with E-state index in [1.807, 2.05) is 32.9 Å². The lowest BCUT2D eigenvalue weighted by molar-refractivity contribution is 0.00365. The number of ether oxygens (including phenoxy) is 2. The predicted octanol–water partition coefficient (Wildman–Crippen LogP) is 4.35. The molecule has 1 N–H and O–H groups in total. The molecule has 7 heteroatoms. The number of aryl methyl sites for hydroxylation is 1. The summed E-state index contributed by atoms with van der Waals surface area (Å²) in [4.78, 5) is 18.4. The molecular weight excluding hydrogens is 483 g/mol. The first kappa shape index (κ1) is 21.8. The molecular formula is C22H27IN2O4. The third-order valence-corrected chi connectivity index (χ3v) is 5.26. The topological polar surface area (TPSA) is 71.9 Å². The molecule has 0 bridgehead atoms. The molecule has 0 radical (unpaired) electrons. The standard InChI is InChI=1S/C22H27IN2O4/c1-22(2,3)29-21(27)25(14-19(26)16-5-4-10-24-12-16)13-18-8-6-15-11-17(23)7-9-20(15)28-18/h4-5,7,9-12,18-19,26H,6,8,13-14H2,1-3H3. The average molecular weight is 510 g/mol. The van der Waals surface area contributed by atoms with Crippen LogP contribution in [0.2, 0.25) is 0 Å². The fraction of sp³-hybridized carbons (Fsp3) is 0.455. The van der Waals surface area contributed by atoms with Crippen molar-refractivity contribution in [3.05, 3.63) is 57.4 Å². The van der Waals surface area contributed by atoms with Crippen LogP contribution in [0, 0.1) is 3.57 Å². The second-order valence-corrected chi connectivity index (χ2v) is 9.46. The van der Waals surface area contributed by atoms with Crippen LogP contribution in [0.4, 0.5) is 4.79 Å². The monoisotopic (exact) mass is 510 g/mol. The van der Waals surface area contributed by atoms with Crippen LogP contribution in [0.15, 0.2) is 42.7 Å². The summed E-state index contributed by atoms with van der Waals surface area (Å²) in [6.07, 6.45) is 3.48. The quantitative estimate of drug-likeness (QED) is 0.606. The summed E-state index contributed by atoms with van der Waals surface area (Å²) in [5.74, 6) is 0.860. The van der Waals surface area contributed by atoms with E-state index in [0.29, 0.717) is 12.1 Å². The highest BCUT2D eigenvalue weighted by molar-refractivity contribution is 14.1. The van der Waals surface area contributed by atoms with Gasteiger partial charge in [-0.2, -0.15) is 0 Å². The number of carbonyl (C=O) groups is 1. The normalized spacial score (nSPS) is 17.1. The molecule has 0 fully saturated rings. The Hall–Kier alpha value is -1.87. The summed E-state index contributed by atoms with van der Waals surface area (Å²) in [5.41, 5.74) is 1.23. The minimum absolute atomic E-state index is 0.111. The molecule has 1 aliphatic heterocycles. The van der Waals surface area contributed by atoms with E-state index < -0.39 is 17.8 Å². The van der Waals surface area contributed by atoms with E-state index in [-0.39, 0.29) is 12.6 Å². The van der Waals surface area contributed by atoms with Crippen LogP contribution < -0.4 is 4.74 Å². The number of pyridine rings is 1. The predicted molar refractivity (Wildman–Crippen MR) is 119 cm³/mol. The number of aromatic nitrogens is 1. The van der Waals surface area contributed by atoms with Crippen LogP contribution >= 0.6 is 22.6 Å². The molecule has 2 heterocycles. The van der Waals surface area contributed by atoms with Crippen molar-refractivity contribution in [3.63, 3.8) is 0 Å². The molecule has 1 aromatic carbocycles. The molecule has 2 unspecified atom stereocenters. The number of nitrogens with zero attached hydrogens (tertiary/aromatic N) is 2. The Balaban J connectivity index is 1.72. The lowest BCUT2D eigenvalue weighted by Gasteiger charge is -2.33. The van der Waals surface area contributed by atoms with Crippen LogP contribution in [0.3, 0.4) is 0 Å². The van der Waals surface area contributed by atoms with Crippen molar-refractivity contribution in [1.82, 2.24) is 9.88 Å². The minimum atomic E-state index is -0.853. The molecule has 0 saturated heterocycles. The van der Waals surface area contributed by atoms with E-state index in [0.717, 1.165) is 18.6 Å². The Bertz CT molecular complexity index is 838. The highest BCUT2D eigenvalue weighted by Gasteiger charge is 2.29. The van der Waals surface area contributed by atoms with Crippen molar-refractivity contribution in [2.45, 2.75) is 51.4 Å². The molecule has 1 aromatic heterocycles. The van der Waals surface area contributed by atoms with Gasteiger partial charge in [-0.15, -0.1) is 0 Å². The van der Waals surface area contributed by atoms with Gasteiger partial charge in [0.05, 0.1) is 19.2 Å². The number of fused-ring (bicyclic) bond motifs is 1. The summed E-state index contributed by atoms with van der Waals surface area (Å²) >= 11 is 2.29. The zero-order valence-corrected chi connectivity index (χ0v) is 19.1. The zero-order valence-electron chi connectivity index (χ0n) is 17.0. The van der Waals surface area contributed by atoms with E-state index in [9.17, 15) is 9.90 Å². The highest BCUT2D eigenvalue weighted by Crippen LogP contribution is 2.29. The van der Waals surface area contributed by atoms with Crippen molar-refractivity contribution in [2.75, 3.05) is 13.1 Å². The second-order valence-electron chi connectivity index (χ2n) is 8.22. The number of amides is 1. The zero-order chi connectivity index (χ0) is 21.0. The Morgan fingerprint density at radius 3 is 2.90 bits per heavy atom. The van der Waals surface area contributed by atoms with E-state index >= 15 is 0 Å². The molecule has 0 aliphatic carbocycles. The summed E-state index contributed by atoms with van der Waals surface area (Å²) in [6.45, 7) is 5.94. The van der Waals surface area contributed by atoms with Gasteiger partial charge in [0, 0.05) is 21.5 Å². The van der Waals surface area contributed by atoms with Crippen LogP contribution in [0.25, 0.3) is 0 Å². The lowest BCUT2D eigenvalue weighted by Crippen LogP contribution is -2.45. The maximum atomic E-state index is 12.8. The summed E-state index contributed by atoms with van der Waals surface area (Å²) < 4.78 is 12.9. The number of aliphatic hydroxyl groups is 1. The van der Waals surface area contributed by atoms with Gasteiger partial charge in [0.15, 0.2) is 0 Å². The number of rotatable bonds is 5. The van der Waals surface area contributed by atoms with Crippen LogP contribution in [-0.4, -0.2) is 45.9 Å². The van der Waals surface area contributed by atoms with E-state index in [1.165, 1.54) is 14.0 Å². The minimum Gasteiger partial charge on any atom is -0.488 e. The number of hydrogen-bond donors (Lipinski definition) is 1. The van der Waals surface area contributed by atoms with Crippen LogP contribution in [-0.2, 0) is 11.2 Å². The van der Waals surface area contributed by atoms with Gasteiger partial charge in [0.1, 0.15) is 17.5 Å². The summed E-state index contributed by atoms with van der Waals surface area (Å²) in [6, 6.07) is 9.67. The molecule has 1 amide bonds. The van der Waals surface area contributed by atoms with Crippen molar-refractivity contribution in [3.8, 4) is 5.75 Å². The van der Waals surface area contributed by atoms with Gasteiger partial charge < -0.3 is 19.5 Å². The maximum Gasteiger partial charge on any atom is 0.410 e. The number of benzene rings is 1. The third-order valence-electron chi connectivity index (χ3n) is 4.59. The molecule has 1 aliphatic rings. The van der Waals surface area contributed by atoms with Gasteiger partial charge in [0.2, 0.25) is 0 Å². The molecule has 29 heavy (non-hydrogen) atoms. The maximum absolute atomic E-state index is 12.8. The van der Waals surface area contributed by atoms with Crippen molar-refractivity contribution < 1.29 is 19.4 Å². The van der Waals surface area contributed by atoms with E-state index in [4.69, 9.17) is 9.47 Å². The number of halogens is 1. The van der Waals surface area contributed by atoms with Gasteiger partial charge >= 0.3 is 6.09 Å². The van der Waals surface area contributed by atoms with Crippen LogP contribution in [0.1, 0.15) is 44.4 Å². The molecule has 156 valence electrons. The molecule has 6 nitrogen and oxygen atoms in total. The van der Waals surface area contributed by atoms with E-state index in [2.05, 4.69) is 33.6 Å². The number of hydrogen-bond acceptors (Lipinski definition) is 5. The first-order valence-corrected chi connectivity index (χ1v) is 10.8. The Labute approximate surface area is 185 Å². The van der Waals surface area contributed by atoms with Gasteiger partial charge in [-0.05, 0) is 86.0 Å². The SMILES string of the molecule is CC(C)(C)OC(=O)N(CC1CCc2cc(I)ccc2O1)CC(O)c1cccnc1. The van der Waals surface area contributed by atoms with Crippen molar-refractivity contribution in [2.24, 2.45) is 0 Å². The summed E-state index contributed by atoms with van der Waals surface area (Å²) in [7, 11) is 0.